The number of rotatable bonds is 6. The second-order valence-corrected chi connectivity index (χ2v) is 4.41. The van der Waals surface area contributed by atoms with E-state index in [4.69, 9.17) is 18.9 Å². The summed E-state index contributed by atoms with van der Waals surface area (Å²) in [6, 6.07) is 10.3. The quantitative estimate of drug-likeness (QED) is 0.768. The van der Waals surface area contributed by atoms with Crippen LogP contribution in [-0.2, 0) is 0 Å². The summed E-state index contributed by atoms with van der Waals surface area (Å²) in [5, 5.41) is 0. The zero-order valence-electron chi connectivity index (χ0n) is 13.0. The molecule has 0 saturated carbocycles. The van der Waals surface area contributed by atoms with Crippen molar-refractivity contribution in [1.29, 1.82) is 0 Å². The predicted molar refractivity (Wildman–Crippen MR) is 82.5 cm³/mol. The summed E-state index contributed by atoms with van der Waals surface area (Å²) in [5.41, 5.74) is 0.793. The molecule has 0 fully saturated rings. The minimum absolute atomic E-state index is 0.230. The Morgan fingerprint density at radius 1 is 0.682 bits per heavy atom. The minimum atomic E-state index is -0.230. The van der Waals surface area contributed by atoms with E-state index in [9.17, 15) is 4.79 Å². The van der Waals surface area contributed by atoms with Gasteiger partial charge in [-0.1, -0.05) is 12.1 Å². The number of ether oxygens (including phenoxy) is 4. The minimum Gasteiger partial charge on any atom is -0.493 e. The van der Waals surface area contributed by atoms with Crippen molar-refractivity contribution in [3.05, 3.63) is 47.5 Å². The molecule has 0 bridgehead atoms. The molecule has 0 aliphatic rings. The van der Waals surface area contributed by atoms with Crippen LogP contribution in [0.1, 0.15) is 15.9 Å². The molecular weight excluding hydrogens is 284 g/mol. The van der Waals surface area contributed by atoms with Crippen molar-refractivity contribution in [2.75, 3.05) is 28.4 Å². The van der Waals surface area contributed by atoms with Crippen LogP contribution in [0.5, 0.6) is 23.0 Å². The Kier molecular flexibility index (Phi) is 4.88. The molecule has 116 valence electrons. The normalized spacial score (nSPS) is 10.0. The van der Waals surface area contributed by atoms with Crippen molar-refractivity contribution in [2.45, 2.75) is 0 Å². The number of carbonyl (C=O) groups is 1. The van der Waals surface area contributed by atoms with Crippen LogP contribution in [0, 0.1) is 0 Å². The monoisotopic (exact) mass is 302 g/mol. The Labute approximate surface area is 129 Å². The molecule has 0 aliphatic heterocycles. The van der Waals surface area contributed by atoms with E-state index in [1.807, 2.05) is 0 Å². The third-order valence-electron chi connectivity index (χ3n) is 3.30. The molecule has 5 nitrogen and oxygen atoms in total. The molecule has 0 radical (unpaired) electrons. The molecule has 0 aliphatic carbocycles. The van der Waals surface area contributed by atoms with Crippen molar-refractivity contribution < 1.29 is 23.7 Å². The predicted octanol–water partition coefficient (Wildman–Crippen LogP) is 2.95. The molecule has 0 aromatic heterocycles. The molecule has 0 spiro atoms. The number of methoxy groups -OCH3 is 4. The number of carbonyl (C=O) groups excluding carboxylic acids is 1. The molecule has 0 unspecified atom stereocenters. The molecule has 22 heavy (non-hydrogen) atoms. The van der Waals surface area contributed by atoms with Crippen LogP contribution in [-0.4, -0.2) is 34.2 Å². The molecule has 2 rings (SSSR count). The highest BCUT2D eigenvalue weighted by molar-refractivity contribution is 6.13. The van der Waals surface area contributed by atoms with Gasteiger partial charge in [0.15, 0.2) is 23.0 Å². The summed E-state index contributed by atoms with van der Waals surface area (Å²) in [6.45, 7) is 0. The maximum atomic E-state index is 12.9. The molecule has 0 atom stereocenters. The first-order valence-corrected chi connectivity index (χ1v) is 6.64. The van der Waals surface area contributed by atoms with E-state index < -0.39 is 0 Å². The fourth-order valence-corrected chi connectivity index (χ4v) is 2.28. The van der Waals surface area contributed by atoms with Crippen LogP contribution in [0.3, 0.4) is 0 Å². The van der Waals surface area contributed by atoms with Gasteiger partial charge in [-0.25, -0.2) is 0 Å². The maximum absolute atomic E-state index is 12.9. The first kappa shape index (κ1) is 15.7. The van der Waals surface area contributed by atoms with Crippen LogP contribution in [0.15, 0.2) is 36.4 Å². The first-order valence-electron chi connectivity index (χ1n) is 6.64. The summed E-state index contributed by atoms with van der Waals surface area (Å²) >= 11 is 0. The van der Waals surface area contributed by atoms with Crippen molar-refractivity contribution >= 4 is 5.78 Å². The van der Waals surface area contributed by atoms with Crippen LogP contribution in [0.4, 0.5) is 0 Å². The smallest absolute Gasteiger partial charge is 0.200 e. The number of hydrogen-bond acceptors (Lipinski definition) is 5. The number of hydrogen-bond donors (Lipinski definition) is 0. The van der Waals surface area contributed by atoms with Gasteiger partial charge >= 0.3 is 0 Å². The van der Waals surface area contributed by atoms with Gasteiger partial charge in [0, 0.05) is 0 Å². The topological polar surface area (TPSA) is 54.0 Å². The molecule has 5 heteroatoms. The average molecular weight is 302 g/mol. The van der Waals surface area contributed by atoms with Gasteiger partial charge in [0.25, 0.3) is 0 Å². The van der Waals surface area contributed by atoms with Crippen molar-refractivity contribution in [1.82, 2.24) is 0 Å². The van der Waals surface area contributed by atoms with Gasteiger partial charge in [-0.2, -0.15) is 0 Å². The molecule has 2 aromatic rings. The zero-order valence-corrected chi connectivity index (χ0v) is 13.0. The fraction of sp³-hybridized carbons (Fsp3) is 0.235. The van der Waals surface area contributed by atoms with Gasteiger partial charge in [0.05, 0.1) is 39.6 Å². The van der Waals surface area contributed by atoms with Gasteiger partial charge in [-0.15, -0.1) is 0 Å². The van der Waals surface area contributed by atoms with Crippen molar-refractivity contribution in [3.8, 4) is 23.0 Å². The van der Waals surface area contributed by atoms with E-state index >= 15 is 0 Å². The lowest BCUT2D eigenvalue weighted by atomic mass is 10.0. The lowest BCUT2D eigenvalue weighted by Crippen LogP contribution is -2.07. The molecule has 2 aromatic carbocycles. The van der Waals surface area contributed by atoms with Gasteiger partial charge in [-0.05, 0) is 24.3 Å². The van der Waals surface area contributed by atoms with E-state index in [0.717, 1.165) is 0 Å². The van der Waals surface area contributed by atoms with Gasteiger partial charge in [0.2, 0.25) is 5.78 Å². The average Bonchev–Trinajstić information content (AvgIpc) is 2.59. The second-order valence-electron chi connectivity index (χ2n) is 4.41. The molecule has 0 N–H and O–H groups in total. The summed E-state index contributed by atoms with van der Waals surface area (Å²) < 4.78 is 21.1. The molecule has 0 amide bonds. The standard InChI is InChI=1S/C17H18O5/c1-19-13-9-5-7-11(16(13)21-3)15(18)12-8-6-10-14(20-2)17(12)22-4/h5-10H,1-4H3. The van der Waals surface area contributed by atoms with E-state index in [1.54, 1.807) is 36.4 Å². The highest BCUT2D eigenvalue weighted by Gasteiger charge is 2.22. The Bertz CT molecular complexity index is 621. The largest absolute Gasteiger partial charge is 0.493 e. The molecular formula is C17H18O5. The molecule has 0 heterocycles. The summed E-state index contributed by atoms with van der Waals surface area (Å²) in [6.07, 6.45) is 0. The lowest BCUT2D eigenvalue weighted by molar-refractivity contribution is 0.103. The first-order chi connectivity index (χ1) is 10.7. The maximum Gasteiger partial charge on any atom is 0.200 e. The highest BCUT2D eigenvalue weighted by Crippen LogP contribution is 2.36. The highest BCUT2D eigenvalue weighted by atomic mass is 16.5. The molecule has 0 saturated heterocycles. The number of ketones is 1. The summed E-state index contributed by atoms with van der Waals surface area (Å²) in [7, 11) is 6.05. The lowest BCUT2D eigenvalue weighted by Gasteiger charge is -2.14. The Morgan fingerprint density at radius 2 is 1.09 bits per heavy atom. The number of para-hydroxylation sites is 2. The zero-order chi connectivity index (χ0) is 16.1. The van der Waals surface area contributed by atoms with Gasteiger partial charge < -0.3 is 18.9 Å². The Morgan fingerprint density at radius 3 is 1.41 bits per heavy atom. The van der Waals surface area contributed by atoms with Gasteiger partial charge in [-0.3, -0.25) is 4.79 Å². The van der Waals surface area contributed by atoms with E-state index in [0.29, 0.717) is 34.1 Å². The van der Waals surface area contributed by atoms with Gasteiger partial charge in [0.1, 0.15) is 0 Å². The van der Waals surface area contributed by atoms with E-state index in [-0.39, 0.29) is 5.78 Å². The van der Waals surface area contributed by atoms with E-state index in [2.05, 4.69) is 0 Å². The Balaban J connectivity index is 2.58. The van der Waals surface area contributed by atoms with Crippen molar-refractivity contribution in [3.63, 3.8) is 0 Å². The van der Waals surface area contributed by atoms with Crippen molar-refractivity contribution in [2.24, 2.45) is 0 Å². The third kappa shape index (κ3) is 2.70. The third-order valence-corrected chi connectivity index (χ3v) is 3.30. The Hall–Kier alpha value is -2.69. The van der Waals surface area contributed by atoms with Crippen LogP contribution in [0.25, 0.3) is 0 Å². The number of benzene rings is 2. The summed E-state index contributed by atoms with van der Waals surface area (Å²) in [4.78, 5) is 12.9. The van der Waals surface area contributed by atoms with Crippen LogP contribution < -0.4 is 18.9 Å². The van der Waals surface area contributed by atoms with Crippen LogP contribution >= 0.6 is 0 Å². The fourth-order valence-electron chi connectivity index (χ4n) is 2.28. The second kappa shape index (κ2) is 6.85. The van der Waals surface area contributed by atoms with Crippen LogP contribution in [0.2, 0.25) is 0 Å². The summed E-state index contributed by atoms with van der Waals surface area (Å²) in [5.74, 6) is 1.54. The van der Waals surface area contributed by atoms with E-state index in [1.165, 1.54) is 28.4 Å². The SMILES string of the molecule is COc1cccc(C(=O)c2cccc(OC)c2OC)c1OC.